The number of hydrogen-bond acceptors (Lipinski definition) is 2. The van der Waals surface area contributed by atoms with Crippen molar-refractivity contribution in [2.24, 2.45) is 0 Å². The first-order chi connectivity index (χ1) is 10.1. The highest BCUT2D eigenvalue weighted by Gasteiger charge is 2.15. The maximum atomic E-state index is 10.7. The van der Waals surface area contributed by atoms with E-state index in [1.807, 2.05) is 36.4 Å². The van der Waals surface area contributed by atoms with Crippen LogP contribution in [0.5, 0.6) is 0 Å². The predicted molar refractivity (Wildman–Crippen MR) is 83.4 cm³/mol. The van der Waals surface area contributed by atoms with E-state index in [1.54, 1.807) is 17.2 Å². The summed E-state index contributed by atoms with van der Waals surface area (Å²) in [6.45, 7) is 4.36. The van der Waals surface area contributed by atoms with E-state index in [0.29, 0.717) is 6.42 Å². The molecule has 0 atom stereocenters. The first-order valence-corrected chi connectivity index (χ1v) is 6.68. The summed E-state index contributed by atoms with van der Waals surface area (Å²) in [6.07, 6.45) is 9.42. The van der Waals surface area contributed by atoms with Crippen molar-refractivity contribution in [1.29, 1.82) is 0 Å². The molecule has 1 aromatic rings. The fourth-order valence-corrected chi connectivity index (χ4v) is 1.73. The SMILES string of the molecule is C=CN1CCCC1=O.O=C(O)C=CC=Cc1ccccc1. The minimum absolute atomic E-state index is 0.208. The molecular formula is C17H19NO3. The minimum Gasteiger partial charge on any atom is -0.478 e. The van der Waals surface area contributed by atoms with Gasteiger partial charge in [-0.15, -0.1) is 0 Å². The summed E-state index contributed by atoms with van der Waals surface area (Å²) < 4.78 is 0. The molecule has 1 N–H and O–H groups in total. The van der Waals surface area contributed by atoms with Gasteiger partial charge in [0.05, 0.1) is 0 Å². The standard InChI is InChI=1S/C11H10O2.C6H9NO/c12-11(13)9-5-4-8-10-6-2-1-3-7-10;1-2-7-5-3-4-6(7)8/h1-9H,(H,12,13);2H,1,3-5H2. The minimum atomic E-state index is -0.933. The number of allylic oxidation sites excluding steroid dienone is 2. The Kier molecular flexibility index (Phi) is 7.29. The Labute approximate surface area is 124 Å². The summed E-state index contributed by atoms with van der Waals surface area (Å²) in [6, 6.07) is 9.70. The van der Waals surface area contributed by atoms with Crippen LogP contribution in [0.15, 0.2) is 61.3 Å². The third-order valence-corrected chi connectivity index (χ3v) is 2.77. The Hall–Kier alpha value is -2.62. The number of carboxylic acid groups (broad SMARTS) is 1. The summed E-state index contributed by atoms with van der Waals surface area (Å²) in [5, 5.41) is 8.29. The molecule has 1 fully saturated rings. The van der Waals surface area contributed by atoms with Crippen LogP contribution < -0.4 is 0 Å². The lowest BCUT2D eigenvalue weighted by Crippen LogP contribution is -2.16. The van der Waals surface area contributed by atoms with Gasteiger partial charge in [-0.05, 0) is 18.2 Å². The number of nitrogens with zero attached hydrogens (tertiary/aromatic N) is 1. The third-order valence-electron chi connectivity index (χ3n) is 2.77. The maximum absolute atomic E-state index is 10.7. The van der Waals surface area contributed by atoms with E-state index in [-0.39, 0.29) is 5.91 Å². The molecule has 2 rings (SSSR count). The summed E-state index contributed by atoms with van der Waals surface area (Å²) in [7, 11) is 0. The zero-order chi connectivity index (χ0) is 15.5. The average molecular weight is 285 g/mol. The van der Waals surface area contributed by atoms with E-state index in [1.165, 1.54) is 6.08 Å². The summed E-state index contributed by atoms with van der Waals surface area (Å²) in [4.78, 5) is 22.4. The molecule has 1 aliphatic heterocycles. The molecule has 4 heteroatoms. The number of hydrogen-bond donors (Lipinski definition) is 1. The Balaban J connectivity index is 0.000000235. The number of carbonyl (C=O) groups is 2. The van der Waals surface area contributed by atoms with Crippen LogP contribution in [-0.2, 0) is 9.59 Å². The van der Waals surface area contributed by atoms with E-state index in [4.69, 9.17) is 5.11 Å². The Morgan fingerprint density at radius 3 is 2.43 bits per heavy atom. The molecule has 0 spiro atoms. The van der Waals surface area contributed by atoms with Crippen molar-refractivity contribution < 1.29 is 14.7 Å². The van der Waals surface area contributed by atoms with Gasteiger partial charge in [0.1, 0.15) is 0 Å². The zero-order valence-corrected chi connectivity index (χ0v) is 11.8. The molecule has 1 amide bonds. The van der Waals surface area contributed by atoms with Crippen LogP contribution in [0.25, 0.3) is 6.08 Å². The molecule has 4 nitrogen and oxygen atoms in total. The Morgan fingerprint density at radius 2 is 1.95 bits per heavy atom. The van der Waals surface area contributed by atoms with E-state index in [9.17, 15) is 9.59 Å². The van der Waals surface area contributed by atoms with Crippen LogP contribution in [0.2, 0.25) is 0 Å². The van der Waals surface area contributed by atoms with Crippen molar-refractivity contribution in [3.63, 3.8) is 0 Å². The molecule has 0 aromatic heterocycles. The smallest absolute Gasteiger partial charge is 0.328 e. The van der Waals surface area contributed by atoms with E-state index >= 15 is 0 Å². The van der Waals surface area contributed by atoms with Crippen molar-refractivity contribution in [2.75, 3.05) is 6.54 Å². The molecule has 1 heterocycles. The van der Waals surface area contributed by atoms with Crippen molar-refractivity contribution in [3.8, 4) is 0 Å². The lowest BCUT2D eigenvalue weighted by molar-refractivity contribution is -0.131. The lowest BCUT2D eigenvalue weighted by Gasteiger charge is -2.05. The van der Waals surface area contributed by atoms with Crippen LogP contribution in [0, 0.1) is 0 Å². The number of carboxylic acids is 1. The molecule has 0 unspecified atom stereocenters. The van der Waals surface area contributed by atoms with Crippen LogP contribution in [0.3, 0.4) is 0 Å². The summed E-state index contributed by atoms with van der Waals surface area (Å²) >= 11 is 0. The third kappa shape index (κ3) is 6.92. The number of amides is 1. The number of benzene rings is 1. The van der Waals surface area contributed by atoms with Crippen LogP contribution in [0.4, 0.5) is 0 Å². The highest BCUT2D eigenvalue weighted by molar-refractivity contribution is 5.80. The van der Waals surface area contributed by atoms with E-state index in [2.05, 4.69) is 6.58 Å². The molecule has 110 valence electrons. The fraction of sp³-hybridized carbons (Fsp3) is 0.176. The van der Waals surface area contributed by atoms with Crippen molar-refractivity contribution in [2.45, 2.75) is 12.8 Å². The number of rotatable bonds is 4. The highest BCUT2D eigenvalue weighted by atomic mass is 16.4. The molecule has 21 heavy (non-hydrogen) atoms. The first kappa shape index (κ1) is 16.4. The molecule has 0 radical (unpaired) electrons. The molecule has 0 aliphatic carbocycles. The van der Waals surface area contributed by atoms with Crippen LogP contribution in [0.1, 0.15) is 18.4 Å². The molecule has 1 saturated heterocycles. The molecule has 1 aromatic carbocycles. The molecule has 0 bridgehead atoms. The van der Waals surface area contributed by atoms with Gasteiger partial charge >= 0.3 is 5.97 Å². The van der Waals surface area contributed by atoms with Crippen LogP contribution >= 0.6 is 0 Å². The van der Waals surface area contributed by atoms with Gasteiger partial charge < -0.3 is 10.0 Å². The van der Waals surface area contributed by atoms with Gasteiger partial charge in [0.2, 0.25) is 5.91 Å². The normalized spacial score (nSPS) is 14.3. The second kappa shape index (κ2) is 9.31. The quantitative estimate of drug-likeness (QED) is 0.683. The summed E-state index contributed by atoms with van der Waals surface area (Å²) in [5.74, 6) is -0.724. The van der Waals surface area contributed by atoms with E-state index < -0.39 is 5.97 Å². The van der Waals surface area contributed by atoms with Crippen molar-refractivity contribution in [3.05, 3.63) is 66.9 Å². The maximum Gasteiger partial charge on any atom is 0.328 e. The van der Waals surface area contributed by atoms with Gasteiger partial charge in [0.25, 0.3) is 0 Å². The fourth-order valence-electron chi connectivity index (χ4n) is 1.73. The molecule has 1 aliphatic rings. The number of aliphatic carboxylic acids is 1. The largest absolute Gasteiger partial charge is 0.478 e. The van der Waals surface area contributed by atoms with Gasteiger partial charge in [-0.1, -0.05) is 55.1 Å². The van der Waals surface area contributed by atoms with Crippen molar-refractivity contribution >= 4 is 18.0 Å². The van der Waals surface area contributed by atoms with Crippen molar-refractivity contribution in [1.82, 2.24) is 4.90 Å². The molecular weight excluding hydrogens is 266 g/mol. The number of carbonyl (C=O) groups excluding carboxylic acids is 1. The van der Waals surface area contributed by atoms with Crippen LogP contribution in [-0.4, -0.2) is 28.4 Å². The predicted octanol–water partition coefficient (Wildman–Crippen LogP) is 3.09. The van der Waals surface area contributed by atoms with Gasteiger partial charge in [0.15, 0.2) is 0 Å². The highest BCUT2D eigenvalue weighted by Crippen LogP contribution is 2.08. The monoisotopic (exact) mass is 285 g/mol. The second-order valence-electron chi connectivity index (χ2n) is 4.34. The van der Waals surface area contributed by atoms with E-state index in [0.717, 1.165) is 24.6 Å². The second-order valence-corrected chi connectivity index (χ2v) is 4.34. The van der Waals surface area contributed by atoms with Gasteiger partial charge in [-0.25, -0.2) is 4.79 Å². The average Bonchev–Trinajstić information content (AvgIpc) is 2.90. The molecule has 0 saturated carbocycles. The zero-order valence-electron chi connectivity index (χ0n) is 11.8. The van der Waals surface area contributed by atoms with Gasteiger partial charge in [-0.2, -0.15) is 0 Å². The summed E-state index contributed by atoms with van der Waals surface area (Å²) in [5.41, 5.74) is 1.05. The Bertz CT molecular complexity index is 532. The Morgan fingerprint density at radius 1 is 1.24 bits per heavy atom. The lowest BCUT2D eigenvalue weighted by atomic mass is 10.2. The van der Waals surface area contributed by atoms with Gasteiger partial charge in [-0.3, -0.25) is 4.79 Å². The number of likely N-dealkylation sites (tertiary alicyclic amines) is 1. The topological polar surface area (TPSA) is 57.6 Å². The first-order valence-electron chi connectivity index (χ1n) is 6.68. The van der Waals surface area contributed by atoms with Gasteiger partial charge in [0, 0.05) is 19.0 Å².